The van der Waals surface area contributed by atoms with Crippen LogP contribution in [0.4, 0.5) is 0 Å². The van der Waals surface area contributed by atoms with Crippen molar-refractivity contribution < 1.29 is 14.6 Å². The van der Waals surface area contributed by atoms with Gasteiger partial charge in [0, 0.05) is 16.3 Å². The lowest BCUT2D eigenvalue weighted by Crippen LogP contribution is -2.07. The second-order valence-electron chi connectivity index (χ2n) is 5.68. The summed E-state index contributed by atoms with van der Waals surface area (Å²) >= 11 is 0. The number of carbonyl (C=O) groups is 1. The standard InChI is InChI=1S/C17H18N2O3/c1-9(2)22-10(3)11-4-5-14-12(6-11)13-7-15(17(20)21)18-8-16(13)19-14/h4-10,19H,1-3H3,(H,20,21). The van der Waals surface area contributed by atoms with E-state index in [0.717, 1.165) is 27.4 Å². The van der Waals surface area contributed by atoms with E-state index in [4.69, 9.17) is 9.84 Å². The molecule has 0 aliphatic heterocycles. The maximum absolute atomic E-state index is 11.1. The summed E-state index contributed by atoms with van der Waals surface area (Å²) in [6, 6.07) is 7.67. The lowest BCUT2D eigenvalue weighted by molar-refractivity contribution is 0.0179. The fraction of sp³-hybridized carbons (Fsp3) is 0.294. The number of benzene rings is 1. The lowest BCUT2D eigenvalue weighted by atomic mass is 10.1. The van der Waals surface area contributed by atoms with Crippen molar-refractivity contribution in [2.75, 3.05) is 0 Å². The van der Waals surface area contributed by atoms with E-state index < -0.39 is 5.97 Å². The first kappa shape index (κ1) is 14.5. The van der Waals surface area contributed by atoms with Crippen LogP contribution in [0.2, 0.25) is 0 Å². The molecule has 2 heterocycles. The van der Waals surface area contributed by atoms with Gasteiger partial charge in [-0.2, -0.15) is 0 Å². The van der Waals surface area contributed by atoms with Crippen LogP contribution in [0.5, 0.6) is 0 Å². The summed E-state index contributed by atoms with van der Waals surface area (Å²) in [5.74, 6) is -1.02. The maximum atomic E-state index is 11.1. The number of nitrogens with zero attached hydrogens (tertiary/aromatic N) is 1. The van der Waals surface area contributed by atoms with Gasteiger partial charge in [-0.1, -0.05) is 6.07 Å². The fourth-order valence-corrected chi connectivity index (χ4v) is 2.67. The first-order valence-corrected chi connectivity index (χ1v) is 7.26. The van der Waals surface area contributed by atoms with Gasteiger partial charge in [-0.25, -0.2) is 9.78 Å². The highest BCUT2D eigenvalue weighted by molar-refractivity contribution is 6.08. The third-order valence-corrected chi connectivity index (χ3v) is 3.67. The van der Waals surface area contributed by atoms with Gasteiger partial charge < -0.3 is 14.8 Å². The molecule has 0 spiro atoms. The van der Waals surface area contributed by atoms with Gasteiger partial charge in [-0.15, -0.1) is 0 Å². The Kier molecular flexibility index (Phi) is 3.58. The van der Waals surface area contributed by atoms with E-state index in [-0.39, 0.29) is 17.9 Å². The second kappa shape index (κ2) is 5.42. The molecule has 2 aromatic heterocycles. The Hall–Kier alpha value is -2.40. The topological polar surface area (TPSA) is 75.2 Å². The van der Waals surface area contributed by atoms with Crippen molar-refractivity contribution in [3.63, 3.8) is 0 Å². The molecule has 3 aromatic rings. The minimum atomic E-state index is -1.02. The van der Waals surface area contributed by atoms with Crippen molar-refractivity contribution in [2.24, 2.45) is 0 Å². The minimum Gasteiger partial charge on any atom is -0.477 e. The summed E-state index contributed by atoms with van der Waals surface area (Å²) in [5, 5.41) is 10.9. The Morgan fingerprint density at radius 3 is 2.59 bits per heavy atom. The molecule has 1 aromatic carbocycles. The fourth-order valence-electron chi connectivity index (χ4n) is 2.67. The van der Waals surface area contributed by atoms with Crippen LogP contribution in [-0.4, -0.2) is 27.1 Å². The predicted molar refractivity (Wildman–Crippen MR) is 85.2 cm³/mol. The predicted octanol–water partition coefficient (Wildman–Crippen LogP) is 3.90. The molecule has 0 aliphatic carbocycles. The molecule has 22 heavy (non-hydrogen) atoms. The Bertz CT molecular complexity index is 852. The molecule has 1 atom stereocenters. The van der Waals surface area contributed by atoms with Crippen LogP contribution in [0.1, 0.15) is 42.9 Å². The monoisotopic (exact) mass is 298 g/mol. The first-order valence-electron chi connectivity index (χ1n) is 7.26. The van der Waals surface area contributed by atoms with Crippen LogP contribution >= 0.6 is 0 Å². The highest BCUT2D eigenvalue weighted by Gasteiger charge is 2.13. The molecule has 114 valence electrons. The van der Waals surface area contributed by atoms with Gasteiger partial charge in [0.05, 0.1) is 23.9 Å². The van der Waals surface area contributed by atoms with Crippen LogP contribution in [0.15, 0.2) is 30.5 Å². The molecule has 3 rings (SSSR count). The Morgan fingerprint density at radius 2 is 1.91 bits per heavy atom. The number of carboxylic acids is 1. The molecule has 5 nitrogen and oxygen atoms in total. The number of hydrogen-bond donors (Lipinski definition) is 2. The van der Waals surface area contributed by atoms with Crippen LogP contribution in [0.25, 0.3) is 21.8 Å². The number of aromatic carboxylic acids is 1. The van der Waals surface area contributed by atoms with E-state index in [0.29, 0.717) is 0 Å². The van der Waals surface area contributed by atoms with Gasteiger partial charge in [0.25, 0.3) is 0 Å². The molecule has 0 saturated carbocycles. The molecule has 2 N–H and O–H groups in total. The number of pyridine rings is 1. The quantitative estimate of drug-likeness (QED) is 0.766. The smallest absolute Gasteiger partial charge is 0.354 e. The molecular formula is C17H18N2O3. The average molecular weight is 298 g/mol. The van der Waals surface area contributed by atoms with E-state index >= 15 is 0 Å². The van der Waals surface area contributed by atoms with Crippen LogP contribution in [0, 0.1) is 0 Å². The van der Waals surface area contributed by atoms with Gasteiger partial charge in [0.2, 0.25) is 0 Å². The number of nitrogens with one attached hydrogen (secondary N) is 1. The number of hydrogen-bond acceptors (Lipinski definition) is 3. The van der Waals surface area contributed by atoms with E-state index in [1.54, 1.807) is 12.3 Å². The highest BCUT2D eigenvalue weighted by Crippen LogP contribution is 2.29. The number of carboxylic acid groups (broad SMARTS) is 1. The zero-order valence-electron chi connectivity index (χ0n) is 12.8. The number of ether oxygens (including phenoxy) is 1. The minimum absolute atomic E-state index is 0.0184. The number of aromatic amines is 1. The van der Waals surface area contributed by atoms with Crippen molar-refractivity contribution in [1.29, 1.82) is 0 Å². The van der Waals surface area contributed by atoms with Crippen molar-refractivity contribution in [2.45, 2.75) is 33.0 Å². The van der Waals surface area contributed by atoms with E-state index in [9.17, 15) is 4.79 Å². The van der Waals surface area contributed by atoms with E-state index in [2.05, 4.69) is 9.97 Å². The summed E-state index contributed by atoms with van der Waals surface area (Å²) in [6.07, 6.45) is 1.69. The molecule has 0 fully saturated rings. The van der Waals surface area contributed by atoms with E-state index in [1.165, 1.54) is 0 Å². The molecular weight excluding hydrogens is 280 g/mol. The summed E-state index contributed by atoms with van der Waals surface area (Å²) in [5.41, 5.74) is 2.90. The molecule has 0 bridgehead atoms. The third-order valence-electron chi connectivity index (χ3n) is 3.67. The number of fused-ring (bicyclic) bond motifs is 3. The molecule has 0 aliphatic rings. The van der Waals surface area contributed by atoms with Crippen molar-refractivity contribution >= 4 is 27.8 Å². The third kappa shape index (κ3) is 2.55. The largest absolute Gasteiger partial charge is 0.477 e. The Balaban J connectivity index is 2.14. The summed E-state index contributed by atoms with van der Waals surface area (Å²) < 4.78 is 5.82. The maximum Gasteiger partial charge on any atom is 0.354 e. The van der Waals surface area contributed by atoms with Crippen molar-refractivity contribution in [3.8, 4) is 0 Å². The SMILES string of the molecule is CC(C)OC(C)c1ccc2[nH]c3cnc(C(=O)O)cc3c2c1. The van der Waals surface area contributed by atoms with Crippen LogP contribution in [-0.2, 0) is 4.74 Å². The number of aromatic nitrogens is 2. The summed E-state index contributed by atoms with van der Waals surface area (Å²) in [6.45, 7) is 6.03. The van der Waals surface area contributed by atoms with Gasteiger partial charge in [0.1, 0.15) is 5.69 Å². The van der Waals surface area contributed by atoms with Gasteiger partial charge >= 0.3 is 5.97 Å². The number of rotatable bonds is 4. The van der Waals surface area contributed by atoms with Crippen LogP contribution in [0.3, 0.4) is 0 Å². The Morgan fingerprint density at radius 1 is 1.18 bits per heavy atom. The molecule has 0 saturated heterocycles. The molecule has 1 unspecified atom stereocenters. The normalized spacial score (nSPS) is 13.1. The second-order valence-corrected chi connectivity index (χ2v) is 5.68. The van der Waals surface area contributed by atoms with E-state index in [1.807, 2.05) is 39.0 Å². The van der Waals surface area contributed by atoms with Gasteiger partial charge in [0.15, 0.2) is 0 Å². The summed E-state index contributed by atoms with van der Waals surface area (Å²) in [7, 11) is 0. The van der Waals surface area contributed by atoms with Gasteiger partial charge in [-0.3, -0.25) is 0 Å². The zero-order chi connectivity index (χ0) is 15.9. The highest BCUT2D eigenvalue weighted by atomic mass is 16.5. The van der Waals surface area contributed by atoms with Gasteiger partial charge in [-0.05, 0) is 44.5 Å². The van der Waals surface area contributed by atoms with Crippen molar-refractivity contribution in [3.05, 3.63) is 41.7 Å². The first-order chi connectivity index (χ1) is 10.5. The lowest BCUT2D eigenvalue weighted by Gasteiger charge is -2.16. The molecule has 5 heteroatoms. The van der Waals surface area contributed by atoms with Crippen LogP contribution < -0.4 is 0 Å². The summed E-state index contributed by atoms with van der Waals surface area (Å²) in [4.78, 5) is 18.3. The zero-order valence-corrected chi connectivity index (χ0v) is 12.8. The molecule has 0 radical (unpaired) electrons. The van der Waals surface area contributed by atoms with Crippen molar-refractivity contribution in [1.82, 2.24) is 9.97 Å². The Labute approximate surface area is 127 Å². The number of H-pyrrole nitrogens is 1. The molecule has 0 amide bonds. The average Bonchev–Trinajstić information content (AvgIpc) is 2.83.